The third-order valence-corrected chi connectivity index (χ3v) is 2.43. The van der Waals surface area contributed by atoms with Gasteiger partial charge in [0.05, 0.1) is 12.8 Å². The summed E-state index contributed by atoms with van der Waals surface area (Å²) in [7, 11) is 1.57. The summed E-state index contributed by atoms with van der Waals surface area (Å²) in [6.45, 7) is 0. The molecule has 0 saturated carbocycles. The van der Waals surface area contributed by atoms with Gasteiger partial charge in [-0.2, -0.15) is 5.26 Å². The maximum Gasteiger partial charge on any atom is 0.266 e. The number of ether oxygens (including phenoxy) is 1. The number of nitrogens with zero attached hydrogens (tertiary/aromatic N) is 1. The average Bonchev–Trinajstić information content (AvgIpc) is 2.38. The highest BCUT2D eigenvalue weighted by atomic mass is 16.5. The monoisotopic (exact) mass is 226 g/mol. The second kappa shape index (κ2) is 4.54. The molecule has 2 aromatic rings. The van der Waals surface area contributed by atoms with Gasteiger partial charge >= 0.3 is 0 Å². The number of rotatable bonds is 2. The highest BCUT2D eigenvalue weighted by molar-refractivity contribution is 5.67. The molecule has 4 nitrogen and oxygen atoms in total. The number of nitrogens with one attached hydrogen (secondary N) is 1. The molecule has 0 aliphatic heterocycles. The van der Waals surface area contributed by atoms with E-state index in [0.29, 0.717) is 11.4 Å². The molecule has 4 heteroatoms. The summed E-state index contributed by atoms with van der Waals surface area (Å²) >= 11 is 0. The number of para-hydroxylation sites is 1. The largest absolute Gasteiger partial charge is 0.496 e. The molecule has 0 radical (unpaired) electrons. The van der Waals surface area contributed by atoms with Crippen LogP contribution in [0.1, 0.15) is 5.56 Å². The Bertz CT molecular complexity index is 638. The zero-order chi connectivity index (χ0) is 12.3. The minimum atomic E-state index is -0.393. The van der Waals surface area contributed by atoms with E-state index < -0.39 is 5.56 Å². The predicted molar refractivity (Wildman–Crippen MR) is 63.8 cm³/mol. The minimum absolute atomic E-state index is 0.101. The molecule has 0 spiro atoms. The van der Waals surface area contributed by atoms with Gasteiger partial charge in [0.15, 0.2) is 0 Å². The van der Waals surface area contributed by atoms with Crippen LogP contribution in [0, 0.1) is 11.3 Å². The van der Waals surface area contributed by atoms with Crippen LogP contribution in [0.15, 0.2) is 41.2 Å². The van der Waals surface area contributed by atoms with Crippen molar-refractivity contribution >= 4 is 0 Å². The number of methoxy groups -OCH3 is 1. The molecule has 0 unspecified atom stereocenters. The van der Waals surface area contributed by atoms with Gasteiger partial charge in [-0.15, -0.1) is 0 Å². The maximum absolute atomic E-state index is 11.5. The molecule has 84 valence electrons. The van der Waals surface area contributed by atoms with E-state index in [1.54, 1.807) is 13.2 Å². The molecule has 1 aromatic carbocycles. The Morgan fingerprint density at radius 1 is 1.24 bits per heavy atom. The molecule has 0 saturated heterocycles. The third-order valence-electron chi connectivity index (χ3n) is 2.43. The van der Waals surface area contributed by atoms with E-state index in [0.717, 1.165) is 5.56 Å². The van der Waals surface area contributed by atoms with Crippen molar-refractivity contribution in [3.05, 3.63) is 52.3 Å². The van der Waals surface area contributed by atoms with Crippen LogP contribution in [-0.4, -0.2) is 12.1 Å². The van der Waals surface area contributed by atoms with Crippen LogP contribution in [0.3, 0.4) is 0 Å². The third kappa shape index (κ3) is 2.04. The van der Waals surface area contributed by atoms with Crippen LogP contribution in [0.2, 0.25) is 0 Å². The summed E-state index contributed by atoms with van der Waals surface area (Å²) in [5.41, 5.74) is 1.13. The Kier molecular flexibility index (Phi) is 2.93. The molecule has 0 bridgehead atoms. The van der Waals surface area contributed by atoms with Crippen molar-refractivity contribution in [3.8, 4) is 23.1 Å². The van der Waals surface area contributed by atoms with Crippen LogP contribution in [-0.2, 0) is 0 Å². The predicted octanol–water partition coefficient (Wildman–Crippen LogP) is 1.92. The van der Waals surface area contributed by atoms with Gasteiger partial charge in [0, 0.05) is 5.56 Å². The Balaban J connectivity index is 2.58. The molecular formula is C13H10N2O2. The second-order valence-corrected chi connectivity index (χ2v) is 3.43. The van der Waals surface area contributed by atoms with Crippen molar-refractivity contribution in [1.82, 2.24) is 4.98 Å². The summed E-state index contributed by atoms with van der Waals surface area (Å²) in [6, 6.07) is 12.4. The van der Waals surface area contributed by atoms with Gasteiger partial charge in [-0.1, -0.05) is 12.1 Å². The molecule has 0 aliphatic carbocycles. The first-order valence-electron chi connectivity index (χ1n) is 5.03. The average molecular weight is 226 g/mol. The number of hydrogen-bond acceptors (Lipinski definition) is 3. The van der Waals surface area contributed by atoms with Crippen LogP contribution >= 0.6 is 0 Å². The van der Waals surface area contributed by atoms with Gasteiger partial charge in [0.25, 0.3) is 5.56 Å². The molecule has 17 heavy (non-hydrogen) atoms. The minimum Gasteiger partial charge on any atom is -0.496 e. The second-order valence-electron chi connectivity index (χ2n) is 3.43. The fourth-order valence-corrected chi connectivity index (χ4v) is 1.59. The lowest BCUT2D eigenvalue weighted by molar-refractivity contribution is 0.416. The summed E-state index contributed by atoms with van der Waals surface area (Å²) in [5, 5.41) is 8.69. The van der Waals surface area contributed by atoms with Gasteiger partial charge in [-0.05, 0) is 24.3 Å². The van der Waals surface area contributed by atoms with Crippen molar-refractivity contribution in [2.45, 2.75) is 0 Å². The molecule has 2 rings (SSSR count). The van der Waals surface area contributed by atoms with Crippen LogP contribution in [0.5, 0.6) is 5.75 Å². The Labute approximate surface area is 98.1 Å². The zero-order valence-corrected chi connectivity index (χ0v) is 9.23. The molecule has 0 amide bonds. The summed E-state index contributed by atoms with van der Waals surface area (Å²) < 4.78 is 5.21. The lowest BCUT2D eigenvalue weighted by Crippen LogP contribution is -2.10. The van der Waals surface area contributed by atoms with E-state index in [1.807, 2.05) is 30.3 Å². The van der Waals surface area contributed by atoms with E-state index >= 15 is 0 Å². The molecular weight excluding hydrogens is 216 g/mol. The van der Waals surface area contributed by atoms with Crippen LogP contribution in [0.4, 0.5) is 0 Å². The van der Waals surface area contributed by atoms with Crippen molar-refractivity contribution < 1.29 is 4.74 Å². The van der Waals surface area contributed by atoms with Crippen LogP contribution in [0.25, 0.3) is 11.3 Å². The highest BCUT2D eigenvalue weighted by Gasteiger charge is 2.06. The van der Waals surface area contributed by atoms with E-state index in [9.17, 15) is 4.79 Å². The first-order chi connectivity index (χ1) is 8.26. The first-order valence-corrected chi connectivity index (χ1v) is 5.03. The summed E-state index contributed by atoms with van der Waals surface area (Å²) in [5.74, 6) is 0.674. The molecule has 0 fully saturated rings. The smallest absolute Gasteiger partial charge is 0.266 e. The molecule has 1 aromatic heterocycles. The van der Waals surface area contributed by atoms with Crippen molar-refractivity contribution in [3.63, 3.8) is 0 Å². The van der Waals surface area contributed by atoms with E-state index in [4.69, 9.17) is 10.00 Å². The Hall–Kier alpha value is -2.54. The highest BCUT2D eigenvalue weighted by Crippen LogP contribution is 2.27. The fourth-order valence-electron chi connectivity index (χ4n) is 1.59. The number of aromatic nitrogens is 1. The standard InChI is InChI=1S/C13H10N2O2/c1-17-12-5-3-2-4-10(12)11-7-6-9(8-14)13(16)15-11/h2-7H,1H3,(H,15,16). The van der Waals surface area contributed by atoms with E-state index in [2.05, 4.69) is 4.98 Å². The topological polar surface area (TPSA) is 65.9 Å². The Morgan fingerprint density at radius 2 is 2.00 bits per heavy atom. The number of benzene rings is 1. The number of pyridine rings is 1. The van der Waals surface area contributed by atoms with E-state index in [1.165, 1.54) is 6.07 Å². The molecule has 1 heterocycles. The molecule has 1 N–H and O–H groups in total. The fraction of sp³-hybridized carbons (Fsp3) is 0.0769. The molecule has 0 aliphatic rings. The normalized spacial score (nSPS) is 9.65. The number of aromatic amines is 1. The summed E-state index contributed by atoms with van der Waals surface area (Å²) in [6.07, 6.45) is 0. The number of hydrogen-bond donors (Lipinski definition) is 1. The van der Waals surface area contributed by atoms with Crippen molar-refractivity contribution in [2.24, 2.45) is 0 Å². The maximum atomic E-state index is 11.5. The van der Waals surface area contributed by atoms with Crippen molar-refractivity contribution in [2.75, 3.05) is 7.11 Å². The van der Waals surface area contributed by atoms with E-state index in [-0.39, 0.29) is 5.56 Å². The van der Waals surface area contributed by atoms with Crippen molar-refractivity contribution in [1.29, 1.82) is 5.26 Å². The SMILES string of the molecule is COc1ccccc1-c1ccc(C#N)c(=O)[nH]1. The van der Waals surface area contributed by atoms with Gasteiger partial charge in [-0.3, -0.25) is 4.79 Å². The number of nitriles is 1. The lowest BCUT2D eigenvalue weighted by Gasteiger charge is -2.07. The quantitative estimate of drug-likeness (QED) is 0.850. The van der Waals surface area contributed by atoms with Gasteiger partial charge < -0.3 is 9.72 Å². The molecule has 0 atom stereocenters. The summed E-state index contributed by atoms with van der Waals surface area (Å²) in [4.78, 5) is 14.2. The van der Waals surface area contributed by atoms with Crippen LogP contribution < -0.4 is 10.3 Å². The lowest BCUT2D eigenvalue weighted by atomic mass is 10.1. The van der Waals surface area contributed by atoms with Gasteiger partial charge in [0.1, 0.15) is 17.4 Å². The Morgan fingerprint density at radius 3 is 2.65 bits per heavy atom. The van der Waals surface area contributed by atoms with Gasteiger partial charge in [-0.25, -0.2) is 0 Å². The first kappa shape index (κ1) is 11.0. The van der Waals surface area contributed by atoms with Gasteiger partial charge in [0.2, 0.25) is 0 Å². The number of H-pyrrole nitrogens is 1. The zero-order valence-electron chi connectivity index (χ0n) is 9.23.